The summed E-state index contributed by atoms with van der Waals surface area (Å²) < 4.78 is 29.1. The Labute approximate surface area is 141 Å². The number of carbonyl (C=O) groups excluding carboxylic acids is 1. The van der Waals surface area contributed by atoms with Crippen LogP contribution < -0.4 is 10.5 Å². The van der Waals surface area contributed by atoms with E-state index in [0.717, 1.165) is 0 Å². The Kier molecular flexibility index (Phi) is 4.48. The Morgan fingerprint density at radius 3 is 2.88 bits per heavy atom. The van der Waals surface area contributed by atoms with Gasteiger partial charge in [0.15, 0.2) is 6.61 Å². The first-order valence-corrected chi connectivity index (χ1v) is 7.41. The molecular weight excluding hydrogens is 342 g/mol. The Balaban J connectivity index is 1.72. The molecule has 1 amide bonds. The SMILES string of the molecule is Nc1nccc2c1CN(Cc1cnc(OCC(F)F)c(Cl)c1)C2=O. The predicted octanol–water partition coefficient (Wildman–Crippen LogP) is 2.51. The third-order valence-electron chi connectivity index (χ3n) is 3.54. The maximum absolute atomic E-state index is 12.4. The van der Waals surface area contributed by atoms with Crippen molar-refractivity contribution in [3.63, 3.8) is 0 Å². The molecule has 3 rings (SSSR count). The van der Waals surface area contributed by atoms with Gasteiger partial charge in [-0.15, -0.1) is 0 Å². The fourth-order valence-electron chi connectivity index (χ4n) is 2.46. The van der Waals surface area contributed by atoms with Crippen LogP contribution in [0.1, 0.15) is 21.5 Å². The van der Waals surface area contributed by atoms with Crippen LogP contribution in [0, 0.1) is 0 Å². The van der Waals surface area contributed by atoms with Crippen LogP contribution >= 0.6 is 11.6 Å². The second kappa shape index (κ2) is 6.56. The number of ether oxygens (including phenoxy) is 1. The Hall–Kier alpha value is -2.48. The third-order valence-corrected chi connectivity index (χ3v) is 3.81. The van der Waals surface area contributed by atoms with Crippen molar-refractivity contribution >= 4 is 23.3 Å². The van der Waals surface area contributed by atoms with Gasteiger partial charge >= 0.3 is 0 Å². The van der Waals surface area contributed by atoms with Crippen LogP contribution in [0.25, 0.3) is 0 Å². The summed E-state index contributed by atoms with van der Waals surface area (Å²) >= 11 is 5.98. The highest BCUT2D eigenvalue weighted by atomic mass is 35.5. The van der Waals surface area contributed by atoms with Crippen LogP contribution in [0.15, 0.2) is 24.5 Å². The summed E-state index contributed by atoms with van der Waals surface area (Å²) in [5, 5.41) is 0.110. The van der Waals surface area contributed by atoms with Crippen LogP contribution in [0.5, 0.6) is 5.88 Å². The minimum absolute atomic E-state index is 0.0646. The normalized spacial score (nSPS) is 13.5. The molecular formula is C15H13ClF2N4O2. The average Bonchev–Trinajstić information content (AvgIpc) is 2.85. The van der Waals surface area contributed by atoms with Gasteiger partial charge in [-0.05, 0) is 17.7 Å². The smallest absolute Gasteiger partial charge is 0.272 e. The summed E-state index contributed by atoms with van der Waals surface area (Å²) in [5.74, 6) is 0.105. The lowest BCUT2D eigenvalue weighted by Crippen LogP contribution is -2.23. The summed E-state index contributed by atoms with van der Waals surface area (Å²) in [6.45, 7) is -0.178. The van der Waals surface area contributed by atoms with Crippen LogP contribution in [0.4, 0.5) is 14.6 Å². The van der Waals surface area contributed by atoms with Crippen LogP contribution in [-0.4, -0.2) is 33.8 Å². The molecule has 0 saturated heterocycles. The number of alkyl halides is 2. The summed E-state index contributed by atoms with van der Waals surface area (Å²) in [6.07, 6.45) is 0.315. The van der Waals surface area contributed by atoms with E-state index < -0.39 is 13.0 Å². The molecule has 1 aliphatic heterocycles. The number of nitrogen functional groups attached to an aromatic ring is 1. The lowest BCUT2D eigenvalue weighted by Gasteiger charge is -2.16. The number of anilines is 1. The first-order valence-electron chi connectivity index (χ1n) is 7.03. The van der Waals surface area contributed by atoms with Gasteiger partial charge in [0, 0.05) is 30.1 Å². The summed E-state index contributed by atoms with van der Waals surface area (Å²) in [5.41, 5.74) is 7.66. The molecule has 0 unspecified atom stereocenters. The van der Waals surface area contributed by atoms with Gasteiger partial charge in [0.05, 0.1) is 6.54 Å². The maximum atomic E-state index is 12.4. The second-order valence-electron chi connectivity index (χ2n) is 5.22. The molecule has 126 valence electrons. The minimum Gasteiger partial charge on any atom is -0.471 e. The summed E-state index contributed by atoms with van der Waals surface area (Å²) in [7, 11) is 0. The fourth-order valence-corrected chi connectivity index (χ4v) is 2.70. The maximum Gasteiger partial charge on any atom is 0.272 e. The standard InChI is InChI=1S/C15H13ClF2N4O2/c16-11-3-8(4-21-14(11)24-7-12(17)18)5-22-6-10-9(15(22)23)1-2-20-13(10)19/h1-4,12H,5-7H2,(H2,19,20). The lowest BCUT2D eigenvalue weighted by atomic mass is 10.2. The van der Waals surface area contributed by atoms with Gasteiger partial charge < -0.3 is 15.4 Å². The second-order valence-corrected chi connectivity index (χ2v) is 5.62. The fraction of sp³-hybridized carbons (Fsp3) is 0.267. The largest absolute Gasteiger partial charge is 0.471 e. The van der Waals surface area contributed by atoms with Crippen LogP contribution in [-0.2, 0) is 13.1 Å². The Bertz CT molecular complexity index is 788. The minimum atomic E-state index is -2.61. The molecule has 3 heterocycles. The topological polar surface area (TPSA) is 81.3 Å². The molecule has 2 N–H and O–H groups in total. The molecule has 0 fully saturated rings. The van der Waals surface area contributed by atoms with Gasteiger partial charge in [-0.25, -0.2) is 18.7 Å². The molecule has 24 heavy (non-hydrogen) atoms. The van der Waals surface area contributed by atoms with Gasteiger partial charge in [0.1, 0.15) is 10.8 Å². The van der Waals surface area contributed by atoms with Gasteiger partial charge in [-0.3, -0.25) is 4.79 Å². The van der Waals surface area contributed by atoms with E-state index in [0.29, 0.717) is 29.1 Å². The van der Waals surface area contributed by atoms with Crippen molar-refractivity contribution in [3.8, 4) is 5.88 Å². The monoisotopic (exact) mass is 354 g/mol. The molecule has 0 bridgehead atoms. The number of nitrogens with zero attached hydrogens (tertiary/aromatic N) is 3. The van der Waals surface area contributed by atoms with Crippen molar-refractivity contribution in [2.75, 3.05) is 12.3 Å². The van der Waals surface area contributed by atoms with Crippen molar-refractivity contribution in [1.29, 1.82) is 0 Å². The first-order chi connectivity index (χ1) is 11.5. The molecule has 0 radical (unpaired) electrons. The van der Waals surface area contributed by atoms with E-state index in [1.807, 2.05) is 0 Å². The molecule has 0 aliphatic carbocycles. The number of aromatic nitrogens is 2. The molecule has 0 saturated carbocycles. The van der Waals surface area contributed by atoms with E-state index in [2.05, 4.69) is 9.97 Å². The number of amides is 1. The van der Waals surface area contributed by atoms with E-state index in [4.69, 9.17) is 22.1 Å². The quantitative estimate of drug-likeness (QED) is 0.892. The number of pyridine rings is 2. The molecule has 0 atom stereocenters. The molecule has 0 spiro atoms. The molecule has 2 aromatic heterocycles. The van der Waals surface area contributed by atoms with Crippen molar-refractivity contribution in [1.82, 2.24) is 14.9 Å². The van der Waals surface area contributed by atoms with Crippen LogP contribution in [0.3, 0.4) is 0 Å². The average molecular weight is 355 g/mol. The molecule has 2 aromatic rings. The molecule has 1 aliphatic rings. The molecule has 9 heteroatoms. The van der Waals surface area contributed by atoms with E-state index in [9.17, 15) is 13.6 Å². The summed E-state index contributed by atoms with van der Waals surface area (Å²) in [4.78, 5) is 21.8. The number of hydrogen-bond donors (Lipinski definition) is 1. The zero-order valence-electron chi connectivity index (χ0n) is 12.4. The number of carbonyl (C=O) groups is 1. The summed E-state index contributed by atoms with van der Waals surface area (Å²) in [6, 6.07) is 3.16. The highest BCUT2D eigenvalue weighted by Gasteiger charge is 2.29. The van der Waals surface area contributed by atoms with Gasteiger partial charge in [0.2, 0.25) is 5.88 Å². The Morgan fingerprint density at radius 2 is 2.21 bits per heavy atom. The van der Waals surface area contributed by atoms with E-state index in [1.54, 1.807) is 11.0 Å². The van der Waals surface area contributed by atoms with Crippen molar-refractivity contribution < 1.29 is 18.3 Å². The van der Waals surface area contributed by atoms with Crippen molar-refractivity contribution in [3.05, 3.63) is 46.2 Å². The zero-order chi connectivity index (χ0) is 17.3. The van der Waals surface area contributed by atoms with Gasteiger partial charge in [-0.2, -0.15) is 0 Å². The van der Waals surface area contributed by atoms with Crippen molar-refractivity contribution in [2.24, 2.45) is 0 Å². The third kappa shape index (κ3) is 3.23. The predicted molar refractivity (Wildman–Crippen MR) is 83.0 cm³/mol. The Morgan fingerprint density at radius 1 is 1.42 bits per heavy atom. The van der Waals surface area contributed by atoms with Crippen molar-refractivity contribution in [2.45, 2.75) is 19.5 Å². The van der Waals surface area contributed by atoms with E-state index in [-0.39, 0.29) is 23.4 Å². The lowest BCUT2D eigenvalue weighted by molar-refractivity contribution is 0.0763. The van der Waals surface area contributed by atoms with Crippen LogP contribution in [0.2, 0.25) is 5.02 Å². The number of hydrogen-bond acceptors (Lipinski definition) is 5. The zero-order valence-corrected chi connectivity index (χ0v) is 13.1. The number of nitrogens with two attached hydrogens (primary N) is 1. The van der Waals surface area contributed by atoms with E-state index >= 15 is 0 Å². The number of halogens is 3. The van der Waals surface area contributed by atoms with Gasteiger partial charge in [-0.1, -0.05) is 11.6 Å². The number of fused-ring (bicyclic) bond motifs is 1. The molecule has 0 aromatic carbocycles. The highest BCUT2D eigenvalue weighted by molar-refractivity contribution is 6.31. The number of rotatable bonds is 5. The highest BCUT2D eigenvalue weighted by Crippen LogP contribution is 2.29. The van der Waals surface area contributed by atoms with Gasteiger partial charge in [0.25, 0.3) is 12.3 Å². The first kappa shape index (κ1) is 16.4. The van der Waals surface area contributed by atoms with E-state index in [1.165, 1.54) is 18.5 Å². The molecule has 6 nitrogen and oxygen atoms in total.